The van der Waals surface area contributed by atoms with Crippen molar-refractivity contribution in [2.45, 2.75) is 25.8 Å². The van der Waals surface area contributed by atoms with Crippen LogP contribution in [0.15, 0.2) is 45.7 Å². The van der Waals surface area contributed by atoms with E-state index in [1.807, 2.05) is 0 Å². The van der Waals surface area contributed by atoms with Crippen molar-refractivity contribution in [2.24, 2.45) is 0 Å². The van der Waals surface area contributed by atoms with Crippen LogP contribution >= 0.6 is 0 Å². The minimum absolute atomic E-state index is 0.196. The van der Waals surface area contributed by atoms with Crippen LogP contribution in [0.3, 0.4) is 0 Å². The van der Waals surface area contributed by atoms with Crippen molar-refractivity contribution in [1.82, 2.24) is 20.4 Å². The molecule has 4 rings (SSSR count). The molecule has 4 heterocycles. The molecule has 0 saturated carbocycles. The molecule has 26 heavy (non-hydrogen) atoms. The van der Waals surface area contributed by atoms with E-state index in [0.29, 0.717) is 18.1 Å². The molecule has 0 aliphatic carbocycles. The first-order chi connectivity index (χ1) is 12.8. The Kier molecular flexibility index (Phi) is 4.63. The van der Waals surface area contributed by atoms with Gasteiger partial charge in [0.2, 0.25) is 11.7 Å². The second-order valence-corrected chi connectivity index (χ2v) is 6.13. The molecule has 134 valence electrons. The summed E-state index contributed by atoms with van der Waals surface area (Å²) in [6.45, 7) is 2.25. The molecule has 1 amide bonds. The molecule has 0 unspecified atom stereocenters. The zero-order chi connectivity index (χ0) is 17.8. The van der Waals surface area contributed by atoms with Crippen molar-refractivity contribution in [3.05, 3.63) is 48.1 Å². The van der Waals surface area contributed by atoms with Crippen LogP contribution in [0.4, 0.5) is 5.95 Å². The third kappa shape index (κ3) is 3.58. The maximum atomic E-state index is 12.3. The van der Waals surface area contributed by atoms with Crippen LogP contribution in [0.25, 0.3) is 11.5 Å². The Hall–Kier alpha value is -3.16. The van der Waals surface area contributed by atoms with Gasteiger partial charge < -0.3 is 19.2 Å². The molecule has 3 aromatic heterocycles. The Morgan fingerprint density at radius 3 is 2.88 bits per heavy atom. The number of carbonyl (C=O) groups is 1. The molecule has 1 aliphatic rings. The van der Waals surface area contributed by atoms with Gasteiger partial charge in [0.1, 0.15) is 0 Å². The van der Waals surface area contributed by atoms with Gasteiger partial charge in [-0.05, 0) is 37.5 Å². The molecule has 0 radical (unpaired) electrons. The number of carbonyl (C=O) groups excluding carboxylic acids is 1. The Labute approximate surface area is 150 Å². The lowest BCUT2D eigenvalue weighted by molar-refractivity contribution is 0.0941. The van der Waals surface area contributed by atoms with Crippen molar-refractivity contribution in [2.75, 3.05) is 18.0 Å². The highest BCUT2D eigenvalue weighted by Crippen LogP contribution is 2.20. The Morgan fingerprint density at radius 1 is 1.19 bits per heavy atom. The van der Waals surface area contributed by atoms with Crippen molar-refractivity contribution in [3.63, 3.8) is 0 Å². The largest absolute Gasteiger partial charge is 0.461 e. The smallest absolute Gasteiger partial charge is 0.273 e. The van der Waals surface area contributed by atoms with Gasteiger partial charge in [-0.1, -0.05) is 5.16 Å². The maximum absolute atomic E-state index is 12.3. The van der Waals surface area contributed by atoms with Crippen LogP contribution in [0.1, 0.15) is 35.4 Å². The van der Waals surface area contributed by atoms with Crippen LogP contribution < -0.4 is 10.2 Å². The number of amides is 1. The molecule has 0 aromatic carbocycles. The summed E-state index contributed by atoms with van der Waals surface area (Å²) in [5.41, 5.74) is 0.949. The van der Waals surface area contributed by atoms with E-state index in [0.717, 1.165) is 37.6 Å². The van der Waals surface area contributed by atoms with Crippen molar-refractivity contribution < 1.29 is 13.7 Å². The summed E-state index contributed by atoms with van der Waals surface area (Å²) >= 11 is 0. The molecule has 0 bridgehead atoms. The normalized spacial score (nSPS) is 14.4. The molecule has 1 saturated heterocycles. The molecule has 0 atom stereocenters. The number of hydrogen-bond acceptors (Lipinski definition) is 7. The molecule has 1 aliphatic heterocycles. The first-order valence-corrected chi connectivity index (χ1v) is 8.65. The lowest BCUT2D eigenvalue weighted by atomic mass is 10.1. The first-order valence-electron chi connectivity index (χ1n) is 8.65. The van der Waals surface area contributed by atoms with Gasteiger partial charge in [-0.2, -0.15) is 0 Å². The van der Waals surface area contributed by atoms with E-state index in [4.69, 9.17) is 8.94 Å². The molecule has 8 heteroatoms. The predicted octanol–water partition coefficient (Wildman–Crippen LogP) is 2.64. The minimum atomic E-state index is -0.329. The van der Waals surface area contributed by atoms with Gasteiger partial charge in [0, 0.05) is 25.4 Å². The second kappa shape index (κ2) is 7.38. The highest BCUT2D eigenvalue weighted by Gasteiger charge is 2.16. The minimum Gasteiger partial charge on any atom is -0.461 e. The highest BCUT2D eigenvalue weighted by atomic mass is 16.5. The fraction of sp³-hybridized carbons (Fsp3) is 0.333. The predicted molar refractivity (Wildman–Crippen MR) is 93.5 cm³/mol. The summed E-state index contributed by atoms with van der Waals surface area (Å²) in [7, 11) is 0. The molecule has 1 fully saturated rings. The van der Waals surface area contributed by atoms with Crippen LogP contribution in [0.5, 0.6) is 0 Å². The number of rotatable bonds is 5. The molecule has 1 N–H and O–H groups in total. The summed E-state index contributed by atoms with van der Waals surface area (Å²) in [5.74, 6) is 1.33. The molecule has 0 spiro atoms. The standard InChI is InChI=1S/C18H19N5O3/c24-17(14-11-16(26-22-14)15-5-4-10-25-15)20-12-13-6-7-19-18(21-13)23-8-2-1-3-9-23/h4-7,10-11H,1-3,8-9,12H2,(H,20,24). The third-order valence-electron chi connectivity index (χ3n) is 4.28. The van der Waals surface area contributed by atoms with Crippen LogP contribution in [-0.2, 0) is 6.54 Å². The first kappa shape index (κ1) is 16.3. The van der Waals surface area contributed by atoms with Gasteiger partial charge in [0.05, 0.1) is 18.5 Å². The van der Waals surface area contributed by atoms with E-state index in [-0.39, 0.29) is 11.6 Å². The monoisotopic (exact) mass is 353 g/mol. The number of nitrogens with one attached hydrogen (secondary N) is 1. The van der Waals surface area contributed by atoms with Crippen LogP contribution in [-0.4, -0.2) is 34.1 Å². The zero-order valence-electron chi connectivity index (χ0n) is 14.2. The number of nitrogens with zero attached hydrogens (tertiary/aromatic N) is 4. The SMILES string of the molecule is O=C(NCc1ccnc(N2CCCCC2)n1)c1cc(-c2ccco2)on1. The van der Waals surface area contributed by atoms with Crippen molar-refractivity contribution in [1.29, 1.82) is 0 Å². The van der Waals surface area contributed by atoms with Crippen LogP contribution in [0, 0.1) is 0 Å². The summed E-state index contributed by atoms with van der Waals surface area (Å²) < 4.78 is 10.4. The van der Waals surface area contributed by atoms with Gasteiger partial charge in [0.15, 0.2) is 11.5 Å². The fourth-order valence-electron chi connectivity index (χ4n) is 2.91. The summed E-state index contributed by atoms with van der Waals surface area (Å²) in [6.07, 6.45) is 6.84. The fourth-order valence-corrected chi connectivity index (χ4v) is 2.91. The Balaban J connectivity index is 1.38. The van der Waals surface area contributed by atoms with E-state index < -0.39 is 0 Å². The van der Waals surface area contributed by atoms with Gasteiger partial charge in [-0.15, -0.1) is 0 Å². The Morgan fingerprint density at radius 2 is 2.08 bits per heavy atom. The van der Waals surface area contributed by atoms with Gasteiger partial charge in [-0.3, -0.25) is 4.79 Å². The van der Waals surface area contributed by atoms with Gasteiger partial charge >= 0.3 is 0 Å². The molecular formula is C18H19N5O3. The topological polar surface area (TPSA) is 97.3 Å². The van der Waals surface area contributed by atoms with E-state index in [9.17, 15) is 4.79 Å². The molecule has 3 aromatic rings. The number of anilines is 1. The van der Waals surface area contributed by atoms with E-state index in [1.165, 1.54) is 12.7 Å². The van der Waals surface area contributed by atoms with Crippen LogP contribution in [0.2, 0.25) is 0 Å². The number of furan rings is 1. The number of piperidine rings is 1. The van der Waals surface area contributed by atoms with Crippen molar-refractivity contribution in [3.8, 4) is 11.5 Å². The average Bonchev–Trinajstić information content (AvgIpc) is 3.38. The average molecular weight is 353 g/mol. The number of aromatic nitrogens is 3. The maximum Gasteiger partial charge on any atom is 0.273 e. The Bertz CT molecular complexity index is 869. The van der Waals surface area contributed by atoms with E-state index in [1.54, 1.807) is 30.5 Å². The van der Waals surface area contributed by atoms with E-state index in [2.05, 4.69) is 25.3 Å². The second-order valence-electron chi connectivity index (χ2n) is 6.13. The molecule has 8 nitrogen and oxygen atoms in total. The highest BCUT2D eigenvalue weighted by molar-refractivity contribution is 5.92. The summed E-state index contributed by atoms with van der Waals surface area (Å²) in [5, 5.41) is 6.59. The van der Waals surface area contributed by atoms with Gasteiger partial charge in [0.25, 0.3) is 5.91 Å². The van der Waals surface area contributed by atoms with Gasteiger partial charge in [-0.25, -0.2) is 9.97 Å². The van der Waals surface area contributed by atoms with Crippen molar-refractivity contribution >= 4 is 11.9 Å². The van der Waals surface area contributed by atoms with E-state index >= 15 is 0 Å². The number of hydrogen-bond donors (Lipinski definition) is 1. The zero-order valence-corrected chi connectivity index (χ0v) is 14.2. The third-order valence-corrected chi connectivity index (χ3v) is 4.28. The summed E-state index contributed by atoms with van der Waals surface area (Å²) in [6, 6.07) is 6.83. The molecular weight excluding hydrogens is 334 g/mol. The summed E-state index contributed by atoms with van der Waals surface area (Å²) in [4.78, 5) is 23.3. The lowest BCUT2D eigenvalue weighted by Crippen LogP contribution is -2.31. The quantitative estimate of drug-likeness (QED) is 0.753. The lowest BCUT2D eigenvalue weighted by Gasteiger charge is -2.26.